The van der Waals surface area contributed by atoms with E-state index in [1.54, 1.807) is 12.5 Å². The highest BCUT2D eigenvalue weighted by Gasteiger charge is 2.21. The van der Waals surface area contributed by atoms with E-state index in [4.69, 9.17) is 4.42 Å². The SMILES string of the molecule is O=C(CSc1nnc(-c2ccco2)n1Cc1ccccc1)Nc1ccnn1C1CCCCC1. The molecule has 170 valence electrons. The van der Waals surface area contributed by atoms with Gasteiger partial charge in [0.25, 0.3) is 0 Å². The van der Waals surface area contributed by atoms with Crippen LogP contribution >= 0.6 is 11.8 Å². The van der Waals surface area contributed by atoms with Crippen molar-refractivity contribution in [3.8, 4) is 11.6 Å². The summed E-state index contributed by atoms with van der Waals surface area (Å²) in [6.45, 7) is 0.586. The van der Waals surface area contributed by atoms with Crippen LogP contribution in [-0.2, 0) is 11.3 Å². The summed E-state index contributed by atoms with van der Waals surface area (Å²) in [4.78, 5) is 12.8. The van der Waals surface area contributed by atoms with Crippen LogP contribution in [0.15, 0.2) is 70.6 Å². The molecule has 0 bridgehead atoms. The molecule has 0 saturated heterocycles. The molecule has 3 aromatic heterocycles. The fourth-order valence-corrected chi connectivity index (χ4v) is 4.97. The van der Waals surface area contributed by atoms with Crippen LogP contribution in [0.1, 0.15) is 43.7 Å². The summed E-state index contributed by atoms with van der Waals surface area (Å²) in [7, 11) is 0. The van der Waals surface area contributed by atoms with Crippen molar-refractivity contribution in [2.45, 2.75) is 49.8 Å². The van der Waals surface area contributed by atoms with Crippen molar-refractivity contribution in [2.24, 2.45) is 0 Å². The van der Waals surface area contributed by atoms with Gasteiger partial charge in [-0.1, -0.05) is 61.4 Å². The maximum Gasteiger partial charge on any atom is 0.235 e. The molecule has 33 heavy (non-hydrogen) atoms. The molecule has 0 radical (unpaired) electrons. The Morgan fingerprint density at radius 1 is 1.06 bits per heavy atom. The number of anilines is 1. The second-order valence-corrected chi connectivity index (χ2v) is 9.09. The van der Waals surface area contributed by atoms with Gasteiger partial charge in [-0.3, -0.25) is 9.36 Å². The summed E-state index contributed by atoms with van der Waals surface area (Å²) in [5.41, 5.74) is 1.12. The lowest BCUT2D eigenvalue weighted by molar-refractivity contribution is -0.113. The number of carbonyl (C=O) groups is 1. The van der Waals surface area contributed by atoms with Crippen molar-refractivity contribution in [1.29, 1.82) is 0 Å². The zero-order valence-corrected chi connectivity index (χ0v) is 19.1. The van der Waals surface area contributed by atoms with Crippen LogP contribution < -0.4 is 5.32 Å². The maximum atomic E-state index is 12.8. The third-order valence-corrected chi connectivity index (χ3v) is 6.80. The van der Waals surface area contributed by atoms with Gasteiger partial charge in [-0.15, -0.1) is 10.2 Å². The van der Waals surface area contributed by atoms with E-state index in [9.17, 15) is 4.79 Å². The Morgan fingerprint density at radius 2 is 1.91 bits per heavy atom. The molecule has 1 aliphatic rings. The lowest BCUT2D eigenvalue weighted by atomic mass is 9.96. The third kappa shape index (κ3) is 5.03. The minimum atomic E-state index is -0.0913. The Bertz CT molecular complexity index is 1180. The normalized spacial score (nSPS) is 14.4. The number of carbonyl (C=O) groups excluding carboxylic acids is 1. The molecule has 1 aromatic carbocycles. The molecule has 9 heteroatoms. The fourth-order valence-electron chi connectivity index (χ4n) is 4.23. The van der Waals surface area contributed by atoms with Crippen LogP contribution in [-0.4, -0.2) is 36.2 Å². The number of furan rings is 1. The van der Waals surface area contributed by atoms with Gasteiger partial charge in [-0.25, -0.2) is 4.68 Å². The van der Waals surface area contributed by atoms with Crippen molar-refractivity contribution < 1.29 is 9.21 Å². The topological polar surface area (TPSA) is 90.8 Å². The monoisotopic (exact) mass is 462 g/mol. The van der Waals surface area contributed by atoms with Crippen molar-refractivity contribution in [2.75, 3.05) is 11.1 Å². The lowest BCUT2D eigenvalue weighted by Gasteiger charge is -2.23. The van der Waals surface area contributed by atoms with Gasteiger partial charge in [-0.05, 0) is 30.5 Å². The number of nitrogens with one attached hydrogen (secondary N) is 1. The zero-order valence-electron chi connectivity index (χ0n) is 18.3. The molecule has 1 saturated carbocycles. The van der Waals surface area contributed by atoms with Gasteiger partial charge in [0.2, 0.25) is 11.7 Å². The molecule has 5 rings (SSSR count). The Morgan fingerprint density at radius 3 is 2.70 bits per heavy atom. The predicted octanol–water partition coefficient (Wildman–Crippen LogP) is 5.02. The predicted molar refractivity (Wildman–Crippen MR) is 127 cm³/mol. The summed E-state index contributed by atoms with van der Waals surface area (Å²) >= 11 is 1.36. The quantitative estimate of drug-likeness (QED) is 0.370. The summed E-state index contributed by atoms with van der Waals surface area (Å²) in [6.07, 6.45) is 9.29. The number of benzene rings is 1. The molecule has 1 fully saturated rings. The molecule has 8 nitrogen and oxygen atoms in total. The number of rotatable bonds is 8. The zero-order chi connectivity index (χ0) is 22.5. The summed E-state index contributed by atoms with van der Waals surface area (Å²) in [6, 6.07) is 16.0. The average Bonchev–Trinajstić information content (AvgIpc) is 3.61. The molecule has 3 heterocycles. The Kier molecular flexibility index (Phi) is 6.57. The molecular weight excluding hydrogens is 436 g/mol. The molecule has 1 amide bonds. The average molecular weight is 463 g/mol. The van der Waals surface area contributed by atoms with E-state index >= 15 is 0 Å². The number of hydrogen-bond acceptors (Lipinski definition) is 6. The fraction of sp³-hybridized carbons (Fsp3) is 0.333. The first-order valence-electron chi connectivity index (χ1n) is 11.2. The van der Waals surface area contributed by atoms with Crippen LogP contribution in [0.3, 0.4) is 0 Å². The van der Waals surface area contributed by atoms with Gasteiger partial charge in [0.05, 0.1) is 30.8 Å². The second kappa shape index (κ2) is 10.1. The highest BCUT2D eigenvalue weighted by atomic mass is 32.2. The summed E-state index contributed by atoms with van der Waals surface area (Å²) in [5.74, 6) is 2.18. The molecule has 4 aromatic rings. The van der Waals surface area contributed by atoms with E-state index < -0.39 is 0 Å². The van der Waals surface area contributed by atoms with Gasteiger partial charge in [0, 0.05) is 6.07 Å². The molecule has 1 aliphatic carbocycles. The van der Waals surface area contributed by atoms with Crippen molar-refractivity contribution in [1.82, 2.24) is 24.5 Å². The summed E-state index contributed by atoms with van der Waals surface area (Å²) < 4.78 is 9.51. The van der Waals surface area contributed by atoms with E-state index in [1.807, 2.05) is 45.6 Å². The van der Waals surface area contributed by atoms with E-state index in [2.05, 4.69) is 32.7 Å². The number of aromatic nitrogens is 5. The maximum absolute atomic E-state index is 12.8. The van der Waals surface area contributed by atoms with Crippen LogP contribution in [0, 0.1) is 0 Å². The highest BCUT2D eigenvalue weighted by molar-refractivity contribution is 7.99. The number of thioether (sulfide) groups is 1. The molecule has 0 unspecified atom stereocenters. The van der Waals surface area contributed by atoms with Crippen LogP contribution in [0.2, 0.25) is 0 Å². The van der Waals surface area contributed by atoms with Crippen molar-refractivity contribution >= 4 is 23.5 Å². The van der Waals surface area contributed by atoms with Crippen LogP contribution in [0.4, 0.5) is 5.82 Å². The lowest BCUT2D eigenvalue weighted by Crippen LogP contribution is -2.21. The van der Waals surface area contributed by atoms with E-state index in [0.29, 0.717) is 29.3 Å². The van der Waals surface area contributed by atoms with Gasteiger partial charge in [0.15, 0.2) is 10.9 Å². The standard InChI is InChI=1S/C24H26N6O2S/c31-22(26-21-13-14-25-30(21)19-10-5-2-6-11-19)17-33-24-28-27-23(20-12-7-15-32-20)29(24)16-18-8-3-1-4-9-18/h1,3-4,7-9,12-15,19H,2,5-6,10-11,16-17H2,(H,26,31). The van der Waals surface area contributed by atoms with E-state index in [1.165, 1.54) is 31.0 Å². The smallest absolute Gasteiger partial charge is 0.235 e. The largest absolute Gasteiger partial charge is 0.461 e. The first kappa shape index (κ1) is 21.5. The number of amides is 1. The minimum absolute atomic E-state index is 0.0913. The number of hydrogen-bond donors (Lipinski definition) is 1. The van der Waals surface area contributed by atoms with Crippen molar-refractivity contribution in [3.05, 3.63) is 66.6 Å². The van der Waals surface area contributed by atoms with E-state index in [-0.39, 0.29) is 11.7 Å². The first-order valence-corrected chi connectivity index (χ1v) is 12.2. The highest BCUT2D eigenvalue weighted by Crippen LogP contribution is 2.30. The Balaban J connectivity index is 1.29. The molecular formula is C24H26N6O2S. The second-order valence-electron chi connectivity index (χ2n) is 8.14. The number of nitrogens with zero attached hydrogens (tertiary/aromatic N) is 5. The molecule has 0 aliphatic heterocycles. The summed E-state index contributed by atoms with van der Waals surface area (Å²) in [5, 5.41) is 16.8. The Labute approximate surface area is 196 Å². The van der Waals surface area contributed by atoms with Crippen molar-refractivity contribution in [3.63, 3.8) is 0 Å². The molecule has 0 spiro atoms. The van der Waals surface area contributed by atoms with Gasteiger partial charge >= 0.3 is 0 Å². The molecule has 0 atom stereocenters. The third-order valence-electron chi connectivity index (χ3n) is 5.83. The Hall–Kier alpha value is -3.33. The van der Waals surface area contributed by atoms with E-state index in [0.717, 1.165) is 24.2 Å². The van der Waals surface area contributed by atoms with Crippen LogP contribution in [0.25, 0.3) is 11.6 Å². The van der Waals surface area contributed by atoms with Crippen LogP contribution in [0.5, 0.6) is 0 Å². The molecule has 1 N–H and O–H groups in total. The van der Waals surface area contributed by atoms with Gasteiger partial charge in [0.1, 0.15) is 5.82 Å². The first-order chi connectivity index (χ1) is 16.3. The van der Waals surface area contributed by atoms with Gasteiger partial charge < -0.3 is 9.73 Å². The minimum Gasteiger partial charge on any atom is -0.461 e. The van der Waals surface area contributed by atoms with Gasteiger partial charge in [-0.2, -0.15) is 5.10 Å².